The number of rotatable bonds is 3. The Balaban J connectivity index is 2.03. The summed E-state index contributed by atoms with van der Waals surface area (Å²) >= 11 is 0. The van der Waals surface area contributed by atoms with Gasteiger partial charge in [0.15, 0.2) is 5.78 Å². The normalized spacial score (nSPS) is 16.1. The van der Waals surface area contributed by atoms with E-state index in [2.05, 4.69) is 0 Å². The van der Waals surface area contributed by atoms with Gasteiger partial charge in [-0.05, 0) is 42.2 Å². The second kappa shape index (κ2) is 6.22. The summed E-state index contributed by atoms with van der Waals surface area (Å²) in [7, 11) is -3.09. The van der Waals surface area contributed by atoms with E-state index in [1.807, 2.05) is 18.2 Å². The Morgan fingerprint density at radius 1 is 1.12 bits per heavy atom. The zero-order chi connectivity index (χ0) is 17.3. The molecule has 0 spiro atoms. The Morgan fingerprint density at radius 2 is 1.88 bits per heavy atom. The lowest BCUT2D eigenvalue weighted by atomic mass is 9.86. The highest BCUT2D eigenvalue weighted by Crippen LogP contribution is 2.29. The van der Waals surface area contributed by atoms with Crippen molar-refractivity contribution < 1.29 is 22.5 Å². The highest BCUT2D eigenvalue weighted by atomic mass is 32.2. The summed E-state index contributed by atoms with van der Waals surface area (Å²) in [6.45, 7) is 0. The van der Waals surface area contributed by atoms with Gasteiger partial charge in [-0.3, -0.25) is 9.35 Å². The van der Waals surface area contributed by atoms with Gasteiger partial charge in [-0.25, -0.2) is 0 Å². The number of benzene rings is 2. The van der Waals surface area contributed by atoms with Crippen molar-refractivity contribution in [1.82, 2.24) is 0 Å². The molecule has 124 valence electrons. The van der Waals surface area contributed by atoms with Crippen LogP contribution in [0.5, 0.6) is 5.75 Å². The summed E-state index contributed by atoms with van der Waals surface area (Å²) in [6, 6.07) is 11.9. The Kier molecular flexibility index (Phi) is 4.26. The third kappa shape index (κ3) is 3.11. The molecule has 2 aromatic rings. The van der Waals surface area contributed by atoms with Crippen molar-refractivity contribution in [3.8, 4) is 5.75 Å². The zero-order valence-electron chi connectivity index (χ0n) is 13.0. The summed E-state index contributed by atoms with van der Waals surface area (Å²) in [4.78, 5) is 12.2. The average Bonchev–Trinajstić information content (AvgIpc) is 2.57. The lowest BCUT2D eigenvalue weighted by Crippen LogP contribution is -2.13. The molecule has 0 fully saturated rings. The third-order valence-electron chi connectivity index (χ3n) is 4.02. The molecular weight excluding hydrogens is 328 g/mol. The molecule has 1 N–H and O–H groups in total. The third-order valence-corrected chi connectivity index (χ3v) is 4.90. The van der Waals surface area contributed by atoms with Crippen molar-refractivity contribution in [1.29, 1.82) is 0 Å². The van der Waals surface area contributed by atoms with Crippen LogP contribution in [0, 0.1) is 0 Å². The fourth-order valence-electron chi connectivity index (χ4n) is 2.84. The van der Waals surface area contributed by atoms with E-state index in [0.717, 1.165) is 12.0 Å². The molecule has 0 saturated heterocycles. The Hall–Kier alpha value is -2.44. The van der Waals surface area contributed by atoms with Gasteiger partial charge in [0.05, 0.1) is 7.11 Å². The first-order valence-corrected chi connectivity index (χ1v) is 8.83. The van der Waals surface area contributed by atoms with Gasteiger partial charge >= 0.3 is 0 Å². The van der Waals surface area contributed by atoms with Gasteiger partial charge in [0.2, 0.25) is 0 Å². The standard InChI is InChI=1S/C18H16O5S/c1-23-16-9-6-12(11-17(16)24(20,21)22)10-14-8-7-13-4-2-3-5-15(13)18(14)19/h2-6,9-11H,7-8H2,1H3,(H,20,21,22). The van der Waals surface area contributed by atoms with Crippen molar-refractivity contribution in [3.63, 3.8) is 0 Å². The maximum Gasteiger partial charge on any atom is 0.298 e. The first-order valence-electron chi connectivity index (χ1n) is 7.39. The number of Topliss-reactive ketones (excluding diaryl/α,β-unsaturated/α-hetero) is 1. The lowest BCUT2D eigenvalue weighted by molar-refractivity contribution is 0.102. The van der Waals surface area contributed by atoms with Crippen molar-refractivity contribution in [3.05, 3.63) is 64.7 Å². The van der Waals surface area contributed by atoms with Crippen LogP contribution in [0.2, 0.25) is 0 Å². The average molecular weight is 344 g/mol. The molecule has 0 unspecified atom stereocenters. The minimum atomic E-state index is -4.41. The summed E-state index contributed by atoms with van der Waals surface area (Å²) in [5.74, 6) is 0.000963. The summed E-state index contributed by atoms with van der Waals surface area (Å²) < 4.78 is 37.2. The van der Waals surface area contributed by atoms with E-state index in [1.54, 1.807) is 18.2 Å². The van der Waals surface area contributed by atoms with Gasteiger partial charge in [-0.2, -0.15) is 8.42 Å². The molecule has 24 heavy (non-hydrogen) atoms. The molecule has 1 aliphatic rings. The van der Waals surface area contributed by atoms with Crippen LogP contribution < -0.4 is 4.74 Å². The highest BCUT2D eigenvalue weighted by Gasteiger charge is 2.22. The number of ketones is 1. The second-order valence-corrected chi connectivity index (χ2v) is 6.93. The Bertz CT molecular complexity index is 942. The number of allylic oxidation sites excluding steroid dienone is 1. The van der Waals surface area contributed by atoms with Crippen LogP contribution in [-0.2, 0) is 16.5 Å². The molecular formula is C18H16O5S. The van der Waals surface area contributed by atoms with Gasteiger partial charge in [-0.1, -0.05) is 30.3 Å². The van der Waals surface area contributed by atoms with Crippen LogP contribution in [0.3, 0.4) is 0 Å². The SMILES string of the molecule is COc1ccc(C=C2CCc3ccccc3C2=O)cc1S(=O)(=O)O. The number of aryl methyl sites for hydroxylation is 1. The Morgan fingerprint density at radius 3 is 2.58 bits per heavy atom. The van der Waals surface area contributed by atoms with E-state index in [0.29, 0.717) is 23.1 Å². The molecule has 0 bridgehead atoms. The van der Waals surface area contributed by atoms with Crippen LogP contribution in [0.4, 0.5) is 0 Å². The monoisotopic (exact) mass is 344 g/mol. The fraction of sp³-hybridized carbons (Fsp3) is 0.167. The molecule has 0 aromatic heterocycles. The van der Waals surface area contributed by atoms with E-state index in [9.17, 15) is 17.8 Å². The van der Waals surface area contributed by atoms with E-state index in [-0.39, 0.29) is 16.4 Å². The number of carbonyl (C=O) groups excluding carboxylic acids is 1. The largest absolute Gasteiger partial charge is 0.495 e. The minimum absolute atomic E-state index is 0.0546. The molecule has 0 radical (unpaired) electrons. The quantitative estimate of drug-likeness (QED) is 0.683. The van der Waals surface area contributed by atoms with Crippen molar-refractivity contribution in [2.45, 2.75) is 17.7 Å². The number of carbonyl (C=O) groups is 1. The number of methoxy groups -OCH3 is 1. The van der Waals surface area contributed by atoms with E-state index >= 15 is 0 Å². The van der Waals surface area contributed by atoms with E-state index in [1.165, 1.54) is 19.2 Å². The molecule has 6 heteroatoms. The minimum Gasteiger partial charge on any atom is -0.495 e. The predicted molar refractivity (Wildman–Crippen MR) is 89.9 cm³/mol. The number of hydrogen-bond donors (Lipinski definition) is 1. The van der Waals surface area contributed by atoms with Gasteiger partial charge in [0.1, 0.15) is 10.6 Å². The highest BCUT2D eigenvalue weighted by molar-refractivity contribution is 7.86. The summed E-state index contributed by atoms with van der Waals surface area (Å²) in [5, 5.41) is 0. The van der Waals surface area contributed by atoms with Gasteiger partial charge < -0.3 is 4.74 Å². The maximum atomic E-state index is 12.6. The molecule has 0 aliphatic heterocycles. The number of fused-ring (bicyclic) bond motifs is 1. The molecule has 2 aromatic carbocycles. The van der Waals surface area contributed by atoms with E-state index < -0.39 is 10.1 Å². The topological polar surface area (TPSA) is 80.7 Å². The zero-order valence-corrected chi connectivity index (χ0v) is 13.8. The van der Waals surface area contributed by atoms with Crippen molar-refractivity contribution in [2.75, 3.05) is 7.11 Å². The molecule has 0 amide bonds. The smallest absolute Gasteiger partial charge is 0.298 e. The van der Waals surface area contributed by atoms with Crippen LogP contribution in [0.25, 0.3) is 6.08 Å². The maximum absolute atomic E-state index is 12.6. The van der Waals surface area contributed by atoms with Crippen molar-refractivity contribution in [2.24, 2.45) is 0 Å². The van der Waals surface area contributed by atoms with Crippen LogP contribution in [0.1, 0.15) is 27.9 Å². The number of ether oxygens (including phenoxy) is 1. The molecule has 0 atom stereocenters. The van der Waals surface area contributed by atoms with Crippen LogP contribution >= 0.6 is 0 Å². The summed E-state index contributed by atoms with van der Waals surface area (Å²) in [5.41, 5.74) is 2.83. The molecule has 3 rings (SSSR count). The molecule has 5 nitrogen and oxygen atoms in total. The van der Waals surface area contributed by atoms with E-state index in [4.69, 9.17) is 4.74 Å². The van der Waals surface area contributed by atoms with Crippen LogP contribution in [0.15, 0.2) is 52.9 Å². The second-order valence-electron chi connectivity index (χ2n) is 5.54. The van der Waals surface area contributed by atoms with Gasteiger partial charge in [-0.15, -0.1) is 0 Å². The molecule has 0 saturated carbocycles. The number of hydrogen-bond acceptors (Lipinski definition) is 4. The van der Waals surface area contributed by atoms with Crippen LogP contribution in [-0.4, -0.2) is 25.9 Å². The molecule has 0 heterocycles. The van der Waals surface area contributed by atoms with Gasteiger partial charge in [0.25, 0.3) is 10.1 Å². The Labute approximate surface area is 140 Å². The first-order chi connectivity index (χ1) is 11.4. The lowest BCUT2D eigenvalue weighted by Gasteiger charge is -2.17. The predicted octanol–water partition coefficient (Wildman–Crippen LogP) is 3.15. The van der Waals surface area contributed by atoms with Gasteiger partial charge in [0, 0.05) is 11.1 Å². The first kappa shape index (κ1) is 16.4. The molecule has 1 aliphatic carbocycles. The summed E-state index contributed by atoms with van der Waals surface area (Å²) in [6.07, 6.45) is 3.00. The van der Waals surface area contributed by atoms with Crippen molar-refractivity contribution >= 4 is 22.0 Å². The fourth-order valence-corrected chi connectivity index (χ4v) is 3.53.